The molecule has 0 aliphatic carbocycles. The number of para-hydroxylation sites is 1. The molecule has 0 fully saturated rings. The predicted octanol–water partition coefficient (Wildman–Crippen LogP) is 4.23. The van der Waals surface area contributed by atoms with Crippen molar-refractivity contribution in [3.8, 4) is 0 Å². The summed E-state index contributed by atoms with van der Waals surface area (Å²) < 4.78 is 16.5. The van der Waals surface area contributed by atoms with Gasteiger partial charge < -0.3 is 4.57 Å². The van der Waals surface area contributed by atoms with Gasteiger partial charge in [-0.2, -0.15) is 4.99 Å². The maximum absolute atomic E-state index is 14.1. The number of carbonyl (C=O) groups excluding carboxylic acids is 1. The normalized spacial score (nSPS) is 12.3. The molecule has 0 saturated carbocycles. The first-order chi connectivity index (χ1) is 11.2. The van der Waals surface area contributed by atoms with Crippen LogP contribution in [0.1, 0.15) is 4.88 Å². The lowest BCUT2D eigenvalue weighted by Gasteiger charge is -2.01. The Labute approximate surface area is 140 Å². The van der Waals surface area contributed by atoms with Gasteiger partial charge in [0.2, 0.25) is 0 Å². The maximum Gasteiger partial charge on any atom is 0.272 e. The molecule has 0 bridgehead atoms. The molecule has 0 radical (unpaired) electrons. The Morgan fingerprint density at radius 2 is 2.22 bits per heavy atom. The van der Waals surface area contributed by atoms with Crippen LogP contribution in [-0.2, 0) is 11.3 Å². The number of fused-ring (bicyclic) bond motifs is 1. The highest BCUT2D eigenvalue weighted by molar-refractivity contribution is 7.16. The van der Waals surface area contributed by atoms with Gasteiger partial charge in [0.05, 0.1) is 10.2 Å². The van der Waals surface area contributed by atoms with Gasteiger partial charge >= 0.3 is 0 Å². The van der Waals surface area contributed by atoms with E-state index < -0.39 is 0 Å². The Bertz CT molecular complexity index is 949. The van der Waals surface area contributed by atoms with Crippen LogP contribution in [-0.4, -0.2) is 10.5 Å². The minimum Gasteiger partial charge on any atom is -0.310 e. The third-order valence-electron chi connectivity index (χ3n) is 3.10. The van der Waals surface area contributed by atoms with Crippen LogP contribution in [0.5, 0.6) is 0 Å². The summed E-state index contributed by atoms with van der Waals surface area (Å²) in [5, 5.41) is 1.94. The molecule has 23 heavy (non-hydrogen) atoms. The Hall–Kier alpha value is -2.31. The van der Waals surface area contributed by atoms with Gasteiger partial charge in [0.1, 0.15) is 5.82 Å². The SMILES string of the molecule is C=CCn1c(=NC(=O)C=Cc2cccs2)sc2cccc(F)c21. The van der Waals surface area contributed by atoms with Crippen molar-refractivity contribution >= 4 is 44.9 Å². The highest BCUT2D eigenvalue weighted by Gasteiger charge is 2.10. The molecule has 3 rings (SSSR count). The number of allylic oxidation sites excluding steroid dienone is 1. The Kier molecular flexibility index (Phi) is 4.64. The number of benzene rings is 1. The average Bonchev–Trinajstić information content (AvgIpc) is 3.15. The fraction of sp³-hybridized carbons (Fsp3) is 0.0588. The van der Waals surface area contributed by atoms with Crippen molar-refractivity contribution in [1.29, 1.82) is 0 Å². The number of hydrogen-bond acceptors (Lipinski definition) is 3. The van der Waals surface area contributed by atoms with Crippen LogP contribution >= 0.6 is 22.7 Å². The van der Waals surface area contributed by atoms with Gasteiger partial charge in [0, 0.05) is 17.5 Å². The van der Waals surface area contributed by atoms with Crippen LogP contribution in [0.25, 0.3) is 16.3 Å². The molecule has 1 aromatic carbocycles. The van der Waals surface area contributed by atoms with E-state index in [1.807, 2.05) is 23.6 Å². The van der Waals surface area contributed by atoms with Crippen molar-refractivity contribution in [2.24, 2.45) is 4.99 Å². The fourth-order valence-corrected chi connectivity index (χ4v) is 3.82. The molecule has 0 unspecified atom stereocenters. The molecule has 0 spiro atoms. The minimum absolute atomic E-state index is 0.330. The van der Waals surface area contributed by atoms with Gasteiger partial charge in [-0.15, -0.1) is 17.9 Å². The van der Waals surface area contributed by atoms with Crippen molar-refractivity contribution in [3.05, 3.63) is 69.9 Å². The third kappa shape index (κ3) is 3.38. The van der Waals surface area contributed by atoms with E-state index in [0.29, 0.717) is 16.9 Å². The largest absolute Gasteiger partial charge is 0.310 e. The molecular formula is C17H13FN2OS2. The van der Waals surface area contributed by atoms with Crippen LogP contribution in [0.4, 0.5) is 4.39 Å². The van der Waals surface area contributed by atoms with Crippen molar-refractivity contribution in [1.82, 2.24) is 4.57 Å². The molecule has 1 amide bonds. The van der Waals surface area contributed by atoms with Crippen LogP contribution in [0, 0.1) is 5.82 Å². The Morgan fingerprint density at radius 3 is 2.96 bits per heavy atom. The van der Waals surface area contributed by atoms with Crippen LogP contribution < -0.4 is 4.80 Å². The van der Waals surface area contributed by atoms with Crippen LogP contribution in [0.2, 0.25) is 0 Å². The van der Waals surface area contributed by atoms with Crippen molar-refractivity contribution in [3.63, 3.8) is 0 Å². The molecular weight excluding hydrogens is 331 g/mol. The number of hydrogen-bond donors (Lipinski definition) is 0. The van der Waals surface area contributed by atoms with E-state index in [2.05, 4.69) is 11.6 Å². The quantitative estimate of drug-likeness (QED) is 0.515. The van der Waals surface area contributed by atoms with Gasteiger partial charge in [0.25, 0.3) is 5.91 Å². The minimum atomic E-state index is -0.372. The summed E-state index contributed by atoms with van der Waals surface area (Å²) in [5.74, 6) is -0.702. The van der Waals surface area contributed by atoms with E-state index in [1.165, 1.54) is 23.5 Å². The molecule has 3 aromatic rings. The highest BCUT2D eigenvalue weighted by Crippen LogP contribution is 2.20. The molecule has 116 valence electrons. The van der Waals surface area contributed by atoms with E-state index in [9.17, 15) is 9.18 Å². The Morgan fingerprint density at radius 1 is 1.35 bits per heavy atom. The zero-order chi connectivity index (χ0) is 16.2. The van der Waals surface area contributed by atoms with Crippen LogP contribution in [0.15, 0.2) is 59.4 Å². The lowest BCUT2D eigenvalue weighted by Crippen LogP contribution is -2.16. The van der Waals surface area contributed by atoms with Crippen molar-refractivity contribution in [2.45, 2.75) is 6.54 Å². The smallest absolute Gasteiger partial charge is 0.272 e. The summed E-state index contributed by atoms with van der Waals surface area (Å²) in [5.41, 5.74) is 0.450. The maximum atomic E-state index is 14.1. The highest BCUT2D eigenvalue weighted by atomic mass is 32.1. The molecule has 0 N–H and O–H groups in total. The first-order valence-electron chi connectivity index (χ1n) is 6.88. The van der Waals surface area contributed by atoms with E-state index in [-0.39, 0.29) is 11.7 Å². The first-order valence-corrected chi connectivity index (χ1v) is 8.57. The van der Waals surface area contributed by atoms with Crippen molar-refractivity contribution < 1.29 is 9.18 Å². The molecule has 0 aliphatic rings. The number of amides is 1. The van der Waals surface area contributed by atoms with E-state index in [1.54, 1.807) is 34.1 Å². The average molecular weight is 344 g/mol. The lowest BCUT2D eigenvalue weighted by atomic mass is 10.3. The zero-order valence-electron chi connectivity index (χ0n) is 12.1. The molecule has 6 heteroatoms. The number of thiazole rings is 1. The van der Waals surface area contributed by atoms with Crippen molar-refractivity contribution in [2.75, 3.05) is 0 Å². The molecule has 0 atom stereocenters. The molecule has 2 heterocycles. The number of thiophene rings is 1. The van der Waals surface area contributed by atoms with Gasteiger partial charge in [-0.3, -0.25) is 4.79 Å². The molecule has 2 aromatic heterocycles. The summed E-state index contributed by atoms with van der Waals surface area (Å²) in [7, 11) is 0. The zero-order valence-corrected chi connectivity index (χ0v) is 13.7. The topological polar surface area (TPSA) is 34.4 Å². The second kappa shape index (κ2) is 6.85. The molecule has 0 saturated heterocycles. The number of nitrogens with zero attached hydrogens (tertiary/aromatic N) is 2. The standard InChI is InChI=1S/C17H13FN2OS2/c1-2-10-20-16-13(18)6-3-7-14(16)23-17(20)19-15(21)9-8-12-5-4-11-22-12/h2-9,11H,1,10H2. The molecule has 3 nitrogen and oxygen atoms in total. The summed E-state index contributed by atoms with van der Waals surface area (Å²) >= 11 is 2.83. The van der Waals surface area contributed by atoms with Gasteiger partial charge in [-0.05, 0) is 29.7 Å². The monoisotopic (exact) mass is 344 g/mol. The summed E-state index contributed by atoms with van der Waals surface area (Å²) in [6, 6.07) is 8.69. The van der Waals surface area contributed by atoms with Crippen LogP contribution in [0.3, 0.4) is 0 Å². The van der Waals surface area contributed by atoms with E-state index in [0.717, 1.165) is 9.58 Å². The number of rotatable bonds is 4. The summed E-state index contributed by atoms with van der Waals surface area (Å²) in [6.45, 7) is 4.08. The third-order valence-corrected chi connectivity index (χ3v) is 4.98. The lowest BCUT2D eigenvalue weighted by molar-refractivity contribution is -0.113. The van der Waals surface area contributed by atoms with E-state index in [4.69, 9.17) is 0 Å². The van der Waals surface area contributed by atoms with Gasteiger partial charge in [-0.25, -0.2) is 4.39 Å². The number of carbonyl (C=O) groups is 1. The molecule has 0 aliphatic heterocycles. The second-order valence-corrected chi connectivity index (χ2v) is 6.66. The first kappa shape index (κ1) is 15.6. The fourth-order valence-electron chi connectivity index (χ4n) is 2.14. The second-order valence-electron chi connectivity index (χ2n) is 4.67. The van der Waals surface area contributed by atoms with Gasteiger partial charge in [0.15, 0.2) is 4.80 Å². The Balaban J connectivity index is 2.04. The summed E-state index contributed by atoms with van der Waals surface area (Å²) in [4.78, 5) is 17.6. The predicted molar refractivity (Wildman–Crippen MR) is 93.9 cm³/mol. The number of halogens is 1. The van der Waals surface area contributed by atoms with E-state index >= 15 is 0 Å². The number of aromatic nitrogens is 1. The summed E-state index contributed by atoms with van der Waals surface area (Å²) in [6.07, 6.45) is 4.80. The van der Waals surface area contributed by atoms with Gasteiger partial charge in [-0.1, -0.05) is 29.5 Å².